The van der Waals surface area contributed by atoms with Gasteiger partial charge in [-0.05, 0) is 23.8 Å². The van der Waals surface area contributed by atoms with Crippen LogP contribution in [-0.2, 0) is 10.1 Å². The van der Waals surface area contributed by atoms with Crippen molar-refractivity contribution < 1.29 is 17.5 Å². The molecule has 0 amide bonds. The Morgan fingerprint density at radius 1 is 0.800 bits per heavy atom. The highest BCUT2D eigenvalue weighted by molar-refractivity contribution is 7.87. The number of rotatable bonds is 5. The summed E-state index contributed by atoms with van der Waals surface area (Å²) >= 11 is 0. The van der Waals surface area contributed by atoms with Crippen LogP contribution < -0.4 is 4.18 Å². The Balaban J connectivity index is 1.95. The third-order valence-electron chi connectivity index (χ3n) is 3.51. The normalized spacial score (nSPS) is 11.0. The van der Waals surface area contributed by atoms with Crippen LogP contribution in [0, 0.1) is 10.1 Å². The highest BCUT2D eigenvalue weighted by atomic mass is 32.2. The summed E-state index contributed by atoms with van der Waals surface area (Å²) in [5.41, 5.74) is 1.26. The van der Waals surface area contributed by atoms with Crippen molar-refractivity contribution in [1.29, 1.82) is 0 Å². The lowest BCUT2D eigenvalue weighted by molar-refractivity contribution is -0.384. The molecule has 0 fully saturated rings. The number of hydrogen-bond donors (Lipinski definition) is 0. The number of nitrogens with zero attached hydrogens (tertiary/aromatic N) is 1. The van der Waals surface area contributed by atoms with Crippen molar-refractivity contribution in [3.8, 4) is 16.9 Å². The van der Waals surface area contributed by atoms with E-state index >= 15 is 0 Å². The summed E-state index contributed by atoms with van der Waals surface area (Å²) in [5, 5.41) is 10.7. The molecule has 0 aliphatic heterocycles. The van der Waals surface area contributed by atoms with E-state index in [9.17, 15) is 18.5 Å². The zero-order valence-corrected chi connectivity index (χ0v) is 13.7. The molecule has 0 bridgehead atoms. The van der Waals surface area contributed by atoms with Crippen LogP contribution in [-0.4, -0.2) is 13.3 Å². The Labute approximate surface area is 144 Å². The van der Waals surface area contributed by atoms with E-state index in [-0.39, 0.29) is 16.3 Å². The topological polar surface area (TPSA) is 86.5 Å². The van der Waals surface area contributed by atoms with Gasteiger partial charge in [0.15, 0.2) is 5.75 Å². The second-order valence-electron chi connectivity index (χ2n) is 5.15. The first kappa shape index (κ1) is 16.7. The molecule has 25 heavy (non-hydrogen) atoms. The Morgan fingerprint density at radius 3 is 2.04 bits per heavy atom. The van der Waals surface area contributed by atoms with Crippen LogP contribution in [0.1, 0.15) is 0 Å². The predicted octanol–water partition coefficient (Wildman–Crippen LogP) is 4.03. The maximum absolute atomic E-state index is 12.5. The van der Waals surface area contributed by atoms with Gasteiger partial charge in [-0.15, -0.1) is 0 Å². The van der Waals surface area contributed by atoms with Crippen LogP contribution >= 0.6 is 0 Å². The lowest BCUT2D eigenvalue weighted by Gasteiger charge is -2.11. The molecule has 3 rings (SSSR count). The van der Waals surface area contributed by atoms with Crippen molar-refractivity contribution in [2.24, 2.45) is 0 Å². The molecule has 7 heteroatoms. The second kappa shape index (κ2) is 6.74. The van der Waals surface area contributed by atoms with Crippen LogP contribution in [0.5, 0.6) is 5.75 Å². The summed E-state index contributed by atoms with van der Waals surface area (Å²) in [5.74, 6) is 0.187. The van der Waals surface area contributed by atoms with Crippen LogP contribution in [0.15, 0.2) is 83.8 Å². The lowest BCUT2D eigenvalue weighted by atomic mass is 10.1. The maximum Gasteiger partial charge on any atom is 0.339 e. The zero-order chi connectivity index (χ0) is 17.9. The second-order valence-corrected chi connectivity index (χ2v) is 6.70. The average Bonchev–Trinajstić information content (AvgIpc) is 2.63. The van der Waals surface area contributed by atoms with Gasteiger partial charge in [0.1, 0.15) is 4.90 Å². The van der Waals surface area contributed by atoms with Crippen molar-refractivity contribution >= 4 is 15.8 Å². The minimum absolute atomic E-state index is 0.152. The van der Waals surface area contributed by atoms with Crippen LogP contribution in [0.2, 0.25) is 0 Å². The smallest absolute Gasteiger partial charge is 0.339 e. The summed E-state index contributed by atoms with van der Waals surface area (Å²) in [6.45, 7) is 0. The van der Waals surface area contributed by atoms with Crippen LogP contribution in [0.4, 0.5) is 5.69 Å². The van der Waals surface area contributed by atoms with E-state index < -0.39 is 15.0 Å². The summed E-state index contributed by atoms with van der Waals surface area (Å²) in [6, 6.07) is 20.6. The zero-order valence-electron chi connectivity index (χ0n) is 12.9. The molecule has 0 heterocycles. The van der Waals surface area contributed by atoms with Gasteiger partial charge in [-0.1, -0.05) is 48.5 Å². The Morgan fingerprint density at radius 2 is 1.40 bits per heavy atom. The number of nitro groups is 1. The SMILES string of the molecule is O=[N+]([O-])c1ccc(S(=O)(=O)Oc2ccccc2-c2ccccc2)cc1. The Kier molecular flexibility index (Phi) is 4.49. The van der Waals surface area contributed by atoms with Gasteiger partial charge < -0.3 is 4.18 Å². The van der Waals surface area contributed by atoms with E-state index in [2.05, 4.69) is 0 Å². The van der Waals surface area contributed by atoms with E-state index in [1.807, 2.05) is 30.3 Å². The third kappa shape index (κ3) is 3.67. The number of para-hydroxylation sites is 1. The quantitative estimate of drug-likeness (QED) is 0.392. The van der Waals surface area contributed by atoms with Gasteiger partial charge in [-0.2, -0.15) is 8.42 Å². The Hall–Kier alpha value is -3.19. The van der Waals surface area contributed by atoms with Crippen LogP contribution in [0.3, 0.4) is 0 Å². The predicted molar refractivity (Wildman–Crippen MR) is 92.8 cm³/mol. The minimum atomic E-state index is -4.11. The molecule has 3 aromatic carbocycles. The molecule has 0 atom stereocenters. The van der Waals surface area contributed by atoms with Crippen molar-refractivity contribution in [3.63, 3.8) is 0 Å². The van der Waals surface area contributed by atoms with E-state index in [0.717, 1.165) is 29.8 Å². The van der Waals surface area contributed by atoms with E-state index in [1.165, 1.54) is 0 Å². The Bertz CT molecular complexity index is 999. The first-order valence-electron chi connectivity index (χ1n) is 7.31. The van der Waals surface area contributed by atoms with Gasteiger partial charge in [0.05, 0.1) is 4.92 Å². The summed E-state index contributed by atoms with van der Waals surface area (Å²) in [6.07, 6.45) is 0. The highest BCUT2D eigenvalue weighted by Crippen LogP contribution is 2.31. The molecule has 0 spiro atoms. The number of non-ortho nitro benzene ring substituents is 1. The molecule has 6 nitrogen and oxygen atoms in total. The molecular weight excluding hydrogens is 342 g/mol. The first-order chi connectivity index (χ1) is 12.0. The number of hydrogen-bond acceptors (Lipinski definition) is 5. The molecule has 3 aromatic rings. The van der Waals surface area contributed by atoms with Gasteiger partial charge in [-0.25, -0.2) is 0 Å². The van der Waals surface area contributed by atoms with Gasteiger partial charge in [0.25, 0.3) is 5.69 Å². The minimum Gasteiger partial charge on any atom is -0.378 e. The fourth-order valence-electron chi connectivity index (χ4n) is 2.30. The summed E-state index contributed by atoms with van der Waals surface area (Å²) < 4.78 is 30.2. The van der Waals surface area contributed by atoms with Crippen molar-refractivity contribution in [1.82, 2.24) is 0 Å². The van der Waals surface area contributed by atoms with Crippen molar-refractivity contribution in [2.45, 2.75) is 4.90 Å². The van der Waals surface area contributed by atoms with Gasteiger partial charge >= 0.3 is 10.1 Å². The summed E-state index contributed by atoms with van der Waals surface area (Å²) in [4.78, 5) is 9.93. The molecule has 0 aromatic heterocycles. The number of nitro benzene ring substituents is 1. The lowest BCUT2D eigenvalue weighted by Crippen LogP contribution is -2.10. The molecule has 0 radical (unpaired) electrons. The molecular formula is C18H13NO5S. The van der Waals surface area contributed by atoms with Crippen LogP contribution in [0.25, 0.3) is 11.1 Å². The first-order valence-corrected chi connectivity index (χ1v) is 8.71. The third-order valence-corrected chi connectivity index (χ3v) is 4.76. The molecule has 0 N–H and O–H groups in total. The van der Waals surface area contributed by atoms with Crippen molar-refractivity contribution in [2.75, 3.05) is 0 Å². The molecule has 0 aliphatic rings. The average molecular weight is 355 g/mol. The fourth-order valence-corrected chi connectivity index (χ4v) is 3.24. The standard InChI is InChI=1S/C18H13NO5S/c20-19(21)15-10-12-16(13-11-15)25(22,23)24-18-9-5-4-8-17(18)14-6-2-1-3-7-14/h1-13H. The maximum atomic E-state index is 12.5. The van der Waals surface area contributed by atoms with E-state index in [0.29, 0.717) is 5.56 Å². The molecule has 0 saturated carbocycles. The molecule has 126 valence electrons. The number of benzene rings is 3. The van der Waals surface area contributed by atoms with Gasteiger partial charge in [0.2, 0.25) is 0 Å². The molecule has 0 aliphatic carbocycles. The molecule has 0 saturated heterocycles. The fraction of sp³-hybridized carbons (Fsp3) is 0. The molecule has 0 unspecified atom stereocenters. The van der Waals surface area contributed by atoms with E-state index in [4.69, 9.17) is 4.18 Å². The van der Waals surface area contributed by atoms with Gasteiger partial charge in [-0.3, -0.25) is 10.1 Å². The van der Waals surface area contributed by atoms with Crippen molar-refractivity contribution in [3.05, 3.63) is 89.0 Å². The van der Waals surface area contributed by atoms with E-state index in [1.54, 1.807) is 24.3 Å². The monoisotopic (exact) mass is 355 g/mol. The highest BCUT2D eigenvalue weighted by Gasteiger charge is 2.20. The van der Waals surface area contributed by atoms with Gasteiger partial charge in [0, 0.05) is 17.7 Å². The largest absolute Gasteiger partial charge is 0.378 e. The summed E-state index contributed by atoms with van der Waals surface area (Å²) in [7, 11) is -4.11.